The lowest BCUT2D eigenvalue weighted by Gasteiger charge is -2.22. The van der Waals surface area contributed by atoms with Crippen molar-refractivity contribution in [1.29, 1.82) is 0 Å². The van der Waals surface area contributed by atoms with Gasteiger partial charge in [0.1, 0.15) is 11.8 Å². The molecular formula is C21H23BF3N2O5. The zero-order valence-electron chi connectivity index (χ0n) is 17.5. The minimum absolute atomic E-state index is 0.0591. The van der Waals surface area contributed by atoms with Crippen LogP contribution in [-0.2, 0) is 38.0 Å². The molecule has 0 spiro atoms. The number of carbonyl (C=O) groups is 2. The summed E-state index contributed by atoms with van der Waals surface area (Å²) in [6.45, 7) is 0. The molecule has 3 N–H and O–H groups in total. The van der Waals surface area contributed by atoms with E-state index in [-0.39, 0.29) is 18.6 Å². The normalized spacial score (nSPS) is 13.2. The standard InChI is InChI=1S/C21H23BF3N2O5/c1-31-20(30)18(12-13-3-7-15(8-4-13)21(23,24)25)26-19(29)17(27-22-32-2)11-14-5-9-16(28)10-6-14/h3-10,17-18,27-28H,11-12H2,1-2H3,(H,26,29)/t17-,18-/m0/s1. The molecule has 1 amide bonds. The van der Waals surface area contributed by atoms with E-state index in [1.165, 1.54) is 39.0 Å². The van der Waals surface area contributed by atoms with Gasteiger partial charge in [-0.25, -0.2) is 4.79 Å². The fourth-order valence-electron chi connectivity index (χ4n) is 2.92. The third-order valence-corrected chi connectivity index (χ3v) is 4.60. The van der Waals surface area contributed by atoms with Crippen molar-refractivity contribution in [3.05, 3.63) is 65.2 Å². The lowest BCUT2D eigenvalue weighted by molar-refractivity contribution is -0.145. The summed E-state index contributed by atoms with van der Waals surface area (Å²) >= 11 is 0. The van der Waals surface area contributed by atoms with E-state index in [1.807, 2.05) is 0 Å². The van der Waals surface area contributed by atoms with Crippen LogP contribution in [0.15, 0.2) is 48.5 Å². The van der Waals surface area contributed by atoms with Gasteiger partial charge in [0.05, 0.1) is 18.7 Å². The highest BCUT2D eigenvalue weighted by Crippen LogP contribution is 2.29. The van der Waals surface area contributed by atoms with Crippen molar-refractivity contribution in [2.24, 2.45) is 0 Å². The van der Waals surface area contributed by atoms with Gasteiger partial charge in [0.2, 0.25) is 5.91 Å². The number of rotatable bonds is 10. The van der Waals surface area contributed by atoms with Crippen LogP contribution in [0, 0.1) is 0 Å². The number of esters is 1. The van der Waals surface area contributed by atoms with Crippen LogP contribution in [0.4, 0.5) is 13.2 Å². The fourth-order valence-corrected chi connectivity index (χ4v) is 2.92. The molecule has 0 saturated carbocycles. The summed E-state index contributed by atoms with van der Waals surface area (Å²) in [7, 11) is 3.76. The molecule has 0 aromatic heterocycles. The summed E-state index contributed by atoms with van der Waals surface area (Å²) in [5, 5.41) is 14.8. The molecule has 0 aliphatic rings. The molecule has 2 aromatic rings. The average molecular weight is 451 g/mol. The first-order valence-corrected chi connectivity index (χ1v) is 9.56. The number of carbonyl (C=O) groups excluding carboxylic acids is 2. The smallest absolute Gasteiger partial charge is 0.416 e. The molecule has 2 aromatic carbocycles. The SMILES string of the molecule is CO[B]N[C@@H](Cc1ccc(O)cc1)C(=O)N[C@@H](Cc1ccc(C(F)(F)F)cc1)C(=O)OC. The second-order valence-electron chi connectivity index (χ2n) is 6.93. The molecule has 7 nitrogen and oxygen atoms in total. The summed E-state index contributed by atoms with van der Waals surface area (Å²) in [6, 6.07) is 8.61. The number of halogens is 3. The lowest BCUT2D eigenvalue weighted by atomic mass is 10.0. The van der Waals surface area contributed by atoms with Crippen molar-refractivity contribution in [3.63, 3.8) is 0 Å². The van der Waals surface area contributed by atoms with E-state index in [9.17, 15) is 27.9 Å². The van der Waals surface area contributed by atoms with Crippen molar-refractivity contribution in [1.82, 2.24) is 10.5 Å². The first-order chi connectivity index (χ1) is 15.1. The number of hydrogen-bond donors (Lipinski definition) is 3. The second-order valence-corrected chi connectivity index (χ2v) is 6.93. The highest BCUT2D eigenvalue weighted by molar-refractivity contribution is 6.24. The Morgan fingerprint density at radius 1 is 0.969 bits per heavy atom. The van der Waals surface area contributed by atoms with Gasteiger partial charge in [-0.3, -0.25) is 4.79 Å². The number of alkyl halides is 3. The van der Waals surface area contributed by atoms with Crippen LogP contribution in [0.5, 0.6) is 5.75 Å². The Kier molecular flexibility index (Phi) is 9.09. The van der Waals surface area contributed by atoms with Gasteiger partial charge in [0, 0.05) is 13.5 Å². The van der Waals surface area contributed by atoms with Crippen LogP contribution in [0.25, 0.3) is 0 Å². The monoisotopic (exact) mass is 451 g/mol. The van der Waals surface area contributed by atoms with E-state index < -0.39 is 35.7 Å². The Balaban J connectivity index is 2.14. The maximum Gasteiger partial charge on any atom is 0.416 e. The van der Waals surface area contributed by atoms with Crippen molar-refractivity contribution in [2.75, 3.05) is 14.2 Å². The van der Waals surface area contributed by atoms with Gasteiger partial charge in [0.25, 0.3) is 0 Å². The predicted molar refractivity (Wildman–Crippen MR) is 111 cm³/mol. The van der Waals surface area contributed by atoms with E-state index in [1.54, 1.807) is 12.1 Å². The highest BCUT2D eigenvalue weighted by atomic mass is 19.4. The second kappa shape index (κ2) is 11.5. The number of amides is 1. The van der Waals surface area contributed by atoms with Gasteiger partial charge in [0.15, 0.2) is 0 Å². The van der Waals surface area contributed by atoms with Gasteiger partial charge in [-0.2, -0.15) is 13.2 Å². The molecule has 0 aliphatic heterocycles. The number of phenols is 1. The fraction of sp³-hybridized carbons (Fsp3) is 0.333. The van der Waals surface area contributed by atoms with Crippen molar-refractivity contribution in [2.45, 2.75) is 31.1 Å². The Bertz CT molecular complexity index is 892. The summed E-state index contributed by atoms with van der Waals surface area (Å²) < 4.78 is 47.9. The van der Waals surface area contributed by atoms with Gasteiger partial charge >= 0.3 is 19.8 Å². The molecule has 0 bridgehead atoms. The quantitative estimate of drug-likeness (QED) is 0.378. The molecule has 0 heterocycles. The number of ether oxygens (including phenoxy) is 1. The molecule has 11 heteroatoms. The lowest BCUT2D eigenvalue weighted by Crippen LogP contribution is -2.53. The van der Waals surface area contributed by atoms with E-state index in [2.05, 4.69) is 10.5 Å². The Hall–Kier alpha value is -3.05. The van der Waals surface area contributed by atoms with E-state index in [4.69, 9.17) is 9.39 Å². The zero-order chi connectivity index (χ0) is 23.7. The number of methoxy groups -OCH3 is 1. The molecule has 1 radical (unpaired) electrons. The van der Waals surface area contributed by atoms with Gasteiger partial charge in [-0.15, -0.1) is 0 Å². The number of aromatic hydroxyl groups is 1. The minimum Gasteiger partial charge on any atom is -0.508 e. The average Bonchev–Trinajstić information content (AvgIpc) is 2.76. The molecular weight excluding hydrogens is 428 g/mol. The van der Waals surface area contributed by atoms with Crippen molar-refractivity contribution < 1.29 is 37.3 Å². The molecule has 2 rings (SSSR count). The third kappa shape index (κ3) is 7.58. The number of hydrogen-bond acceptors (Lipinski definition) is 6. The number of benzene rings is 2. The number of phenolic OH excluding ortho intramolecular Hbond substituents is 1. The minimum atomic E-state index is -4.47. The van der Waals surface area contributed by atoms with Crippen LogP contribution in [-0.4, -0.2) is 50.9 Å². The Labute approximate surface area is 184 Å². The van der Waals surface area contributed by atoms with Gasteiger partial charge in [-0.1, -0.05) is 24.3 Å². The summed E-state index contributed by atoms with van der Waals surface area (Å²) in [6.07, 6.45) is -4.32. The van der Waals surface area contributed by atoms with Crippen molar-refractivity contribution in [3.8, 4) is 5.75 Å². The first kappa shape index (κ1) is 25.2. The van der Waals surface area contributed by atoms with E-state index in [0.29, 0.717) is 5.56 Å². The van der Waals surface area contributed by atoms with E-state index >= 15 is 0 Å². The summed E-state index contributed by atoms with van der Waals surface area (Å²) in [5.41, 5.74) is 0.339. The van der Waals surface area contributed by atoms with Crippen molar-refractivity contribution >= 4 is 19.5 Å². The molecule has 0 aliphatic carbocycles. The topological polar surface area (TPSA) is 96.9 Å². The summed E-state index contributed by atoms with van der Waals surface area (Å²) in [5.74, 6) is -1.21. The third-order valence-electron chi connectivity index (χ3n) is 4.60. The molecule has 2 atom stereocenters. The number of nitrogens with one attached hydrogen (secondary N) is 2. The maximum atomic E-state index is 12.9. The van der Waals surface area contributed by atoms with Crippen LogP contribution in [0.1, 0.15) is 16.7 Å². The Morgan fingerprint density at radius 3 is 2.00 bits per heavy atom. The Morgan fingerprint density at radius 2 is 1.50 bits per heavy atom. The molecule has 171 valence electrons. The van der Waals surface area contributed by atoms with Gasteiger partial charge < -0.3 is 25.0 Å². The van der Waals surface area contributed by atoms with Crippen LogP contribution in [0.3, 0.4) is 0 Å². The molecule has 0 saturated heterocycles. The largest absolute Gasteiger partial charge is 0.508 e. The predicted octanol–water partition coefficient (Wildman–Crippen LogP) is 1.99. The molecule has 0 unspecified atom stereocenters. The molecule has 0 fully saturated rings. The first-order valence-electron chi connectivity index (χ1n) is 9.56. The van der Waals surface area contributed by atoms with Crippen LogP contribution >= 0.6 is 0 Å². The highest BCUT2D eigenvalue weighted by Gasteiger charge is 2.31. The van der Waals surface area contributed by atoms with Crippen LogP contribution in [0.2, 0.25) is 0 Å². The zero-order valence-corrected chi connectivity index (χ0v) is 17.5. The summed E-state index contributed by atoms with van der Waals surface area (Å²) in [4.78, 5) is 25.1. The van der Waals surface area contributed by atoms with Crippen LogP contribution < -0.4 is 10.5 Å². The van der Waals surface area contributed by atoms with E-state index in [0.717, 1.165) is 24.8 Å². The molecule has 32 heavy (non-hydrogen) atoms. The maximum absolute atomic E-state index is 12.9. The van der Waals surface area contributed by atoms with Gasteiger partial charge in [-0.05, 0) is 41.8 Å².